The number of carbonyl (C=O) groups is 2. The van der Waals surface area contributed by atoms with Crippen LogP contribution in [0.1, 0.15) is 40.9 Å². The molecule has 13 heavy (non-hydrogen) atoms. The third-order valence-corrected chi connectivity index (χ3v) is 3.45. The zero-order chi connectivity index (χ0) is 9.42. The van der Waals surface area contributed by atoms with E-state index in [4.69, 9.17) is 0 Å². The van der Waals surface area contributed by atoms with Crippen molar-refractivity contribution in [3.63, 3.8) is 0 Å². The van der Waals surface area contributed by atoms with Gasteiger partial charge in [0.2, 0.25) is 0 Å². The highest BCUT2D eigenvalue weighted by Crippen LogP contribution is 2.35. The van der Waals surface area contributed by atoms with Gasteiger partial charge in [0, 0.05) is 12.3 Å². The van der Waals surface area contributed by atoms with E-state index in [2.05, 4.69) is 0 Å². The Kier molecular flexibility index (Phi) is 2.04. The first-order valence-electron chi connectivity index (χ1n) is 4.31. The van der Waals surface area contributed by atoms with E-state index in [1.54, 1.807) is 6.92 Å². The van der Waals surface area contributed by atoms with Gasteiger partial charge in [-0.25, -0.2) is 0 Å². The van der Waals surface area contributed by atoms with Crippen LogP contribution in [-0.4, -0.2) is 11.6 Å². The fourth-order valence-electron chi connectivity index (χ4n) is 1.79. The van der Waals surface area contributed by atoms with Crippen LogP contribution in [0.5, 0.6) is 0 Å². The average molecular weight is 194 g/mol. The maximum absolute atomic E-state index is 11.4. The third kappa shape index (κ3) is 1.33. The number of thiophene rings is 1. The summed E-state index contributed by atoms with van der Waals surface area (Å²) in [5.41, 5.74) is 0.953. The minimum absolute atomic E-state index is 0.0288. The fourth-order valence-corrected chi connectivity index (χ4v) is 2.72. The lowest BCUT2D eigenvalue weighted by Crippen LogP contribution is -2.18. The molecule has 0 bridgehead atoms. The Morgan fingerprint density at radius 1 is 1.62 bits per heavy atom. The van der Waals surface area contributed by atoms with Crippen molar-refractivity contribution in [2.75, 3.05) is 0 Å². The molecule has 0 saturated heterocycles. The topological polar surface area (TPSA) is 34.1 Å². The van der Waals surface area contributed by atoms with Gasteiger partial charge in [-0.05, 0) is 30.4 Å². The molecule has 0 fully saturated rings. The lowest BCUT2D eigenvalue weighted by atomic mass is 9.85. The summed E-state index contributed by atoms with van der Waals surface area (Å²) in [4.78, 5) is 23.5. The summed E-state index contributed by atoms with van der Waals surface area (Å²) in [5.74, 6) is 0.341. The molecule has 0 radical (unpaired) electrons. The lowest BCUT2D eigenvalue weighted by molar-refractivity contribution is -0.118. The number of fused-ring (bicyclic) bond motifs is 1. The Hall–Kier alpha value is -0.960. The van der Waals surface area contributed by atoms with E-state index in [9.17, 15) is 9.59 Å². The molecule has 3 heteroatoms. The molecule has 1 aliphatic rings. The molecule has 0 spiro atoms. The van der Waals surface area contributed by atoms with Gasteiger partial charge >= 0.3 is 0 Å². The van der Waals surface area contributed by atoms with E-state index in [-0.39, 0.29) is 17.5 Å². The molecule has 0 aliphatic heterocycles. The van der Waals surface area contributed by atoms with Crippen LogP contribution in [0.4, 0.5) is 0 Å². The highest BCUT2D eigenvalue weighted by molar-refractivity contribution is 7.12. The van der Waals surface area contributed by atoms with E-state index < -0.39 is 0 Å². The van der Waals surface area contributed by atoms with Crippen molar-refractivity contribution in [2.45, 2.75) is 25.7 Å². The quantitative estimate of drug-likeness (QED) is 0.688. The molecule has 1 atom stereocenters. The second-order valence-corrected chi connectivity index (χ2v) is 4.25. The van der Waals surface area contributed by atoms with Crippen LogP contribution in [0.2, 0.25) is 0 Å². The standard InChI is InChI=1S/C10H10O2S/c1-6(11)7-2-3-9(12)10-8(7)4-5-13-10/h4-5,7H,2-3H2,1H3. The van der Waals surface area contributed by atoms with Gasteiger partial charge < -0.3 is 0 Å². The van der Waals surface area contributed by atoms with Gasteiger partial charge in [-0.15, -0.1) is 11.3 Å². The van der Waals surface area contributed by atoms with Gasteiger partial charge in [-0.1, -0.05) is 0 Å². The van der Waals surface area contributed by atoms with Gasteiger partial charge in [0.15, 0.2) is 5.78 Å². The van der Waals surface area contributed by atoms with Gasteiger partial charge in [-0.3, -0.25) is 9.59 Å². The Morgan fingerprint density at radius 2 is 2.38 bits per heavy atom. The van der Waals surface area contributed by atoms with Gasteiger partial charge in [0.25, 0.3) is 0 Å². The summed E-state index contributed by atoms with van der Waals surface area (Å²) in [6, 6.07) is 1.91. The van der Waals surface area contributed by atoms with Crippen LogP contribution in [0.3, 0.4) is 0 Å². The molecule has 68 valence electrons. The second kappa shape index (κ2) is 3.07. The van der Waals surface area contributed by atoms with E-state index >= 15 is 0 Å². The second-order valence-electron chi connectivity index (χ2n) is 3.33. The van der Waals surface area contributed by atoms with Gasteiger partial charge in [-0.2, -0.15) is 0 Å². The average Bonchev–Trinajstić information content (AvgIpc) is 2.53. The van der Waals surface area contributed by atoms with Crippen LogP contribution in [0.25, 0.3) is 0 Å². The Labute approximate surface area is 80.6 Å². The predicted octanol–water partition coefficient (Wildman–Crippen LogP) is 2.40. The zero-order valence-corrected chi connectivity index (χ0v) is 8.19. The smallest absolute Gasteiger partial charge is 0.173 e. The summed E-state index contributed by atoms with van der Waals surface area (Å²) < 4.78 is 0. The molecule has 2 nitrogen and oxygen atoms in total. The largest absolute Gasteiger partial charge is 0.299 e. The van der Waals surface area contributed by atoms with E-state index in [0.717, 1.165) is 10.4 Å². The lowest BCUT2D eigenvalue weighted by Gasteiger charge is -2.18. The van der Waals surface area contributed by atoms with Crippen molar-refractivity contribution in [2.24, 2.45) is 0 Å². The number of Topliss-reactive ketones (excluding diaryl/α,β-unsaturated/α-hetero) is 2. The highest BCUT2D eigenvalue weighted by atomic mass is 32.1. The maximum atomic E-state index is 11.4. The molecule has 0 amide bonds. The number of rotatable bonds is 1. The summed E-state index contributed by atoms with van der Waals surface area (Å²) >= 11 is 1.45. The van der Waals surface area contributed by atoms with E-state index in [1.165, 1.54) is 11.3 Å². The Bertz CT molecular complexity index is 365. The number of hydrogen-bond acceptors (Lipinski definition) is 3. The molecule has 0 saturated carbocycles. The molecule has 1 aliphatic carbocycles. The molecule has 0 aromatic carbocycles. The highest BCUT2D eigenvalue weighted by Gasteiger charge is 2.29. The van der Waals surface area contributed by atoms with Crippen molar-refractivity contribution >= 4 is 22.9 Å². The van der Waals surface area contributed by atoms with Crippen LogP contribution >= 0.6 is 11.3 Å². The molecule has 1 heterocycles. The summed E-state index contributed by atoms with van der Waals surface area (Å²) in [6.07, 6.45) is 1.22. The van der Waals surface area contributed by atoms with Crippen LogP contribution in [-0.2, 0) is 4.79 Å². The molecule has 1 aromatic rings. The first-order chi connectivity index (χ1) is 6.20. The first-order valence-corrected chi connectivity index (χ1v) is 5.19. The molecule has 1 unspecified atom stereocenters. The van der Waals surface area contributed by atoms with Crippen LogP contribution in [0, 0.1) is 0 Å². The van der Waals surface area contributed by atoms with Crippen LogP contribution < -0.4 is 0 Å². The Morgan fingerprint density at radius 3 is 3.08 bits per heavy atom. The fraction of sp³-hybridized carbons (Fsp3) is 0.400. The van der Waals surface area contributed by atoms with Gasteiger partial charge in [0.05, 0.1) is 4.88 Å². The van der Waals surface area contributed by atoms with Crippen molar-refractivity contribution in [3.8, 4) is 0 Å². The number of ketones is 2. The first kappa shape index (κ1) is 8.63. The maximum Gasteiger partial charge on any atom is 0.173 e. The molecular weight excluding hydrogens is 184 g/mol. The number of carbonyl (C=O) groups excluding carboxylic acids is 2. The molecule has 0 N–H and O–H groups in total. The predicted molar refractivity (Wildman–Crippen MR) is 51.3 cm³/mol. The summed E-state index contributed by atoms with van der Waals surface area (Å²) in [6.45, 7) is 1.60. The SMILES string of the molecule is CC(=O)C1CCC(=O)c2sccc21. The normalized spacial score (nSPS) is 21.3. The van der Waals surface area contributed by atoms with Crippen molar-refractivity contribution in [1.29, 1.82) is 0 Å². The van der Waals surface area contributed by atoms with Crippen molar-refractivity contribution < 1.29 is 9.59 Å². The Balaban J connectivity index is 2.46. The van der Waals surface area contributed by atoms with Crippen molar-refractivity contribution in [3.05, 3.63) is 21.9 Å². The van der Waals surface area contributed by atoms with E-state index in [0.29, 0.717) is 12.8 Å². The third-order valence-electron chi connectivity index (χ3n) is 2.48. The summed E-state index contributed by atoms with van der Waals surface area (Å²) in [5, 5.41) is 1.89. The molecule has 2 rings (SSSR count). The van der Waals surface area contributed by atoms with Crippen LogP contribution in [0.15, 0.2) is 11.4 Å². The number of hydrogen-bond donors (Lipinski definition) is 0. The zero-order valence-electron chi connectivity index (χ0n) is 7.37. The van der Waals surface area contributed by atoms with Gasteiger partial charge in [0.1, 0.15) is 5.78 Å². The molecule has 1 aromatic heterocycles. The van der Waals surface area contributed by atoms with Crippen molar-refractivity contribution in [1.82, 2.24) is 0 Å². The molecular formula is C10H10O2S. The minimum atomic E-state index is -0.0288. The van der Waals surface area contributed by atoms with E-state index in [1.807, 2.05) is 11.4 Å². The minimum Gasteiger partial charge on any atom is -0.299 e. The monoisotopic (exact) mass is 194 g/mol. The summed E-state index contributed by atoms with van der Waals surface area (Å²) in [7, 11) is 0.